The Morgan fingerprint density at radius 2 is 2.18 bits per heavy atom. The molecule has 0 fully saturated rings. The number of rotatable bonds is 4. The summed E-state index contributed by atoms with van der Waals surface area (Å²) in [5.41, 5.74) is 6.74. The Balaban J connectivity index is 2.80. The van der Waals surface area contributed by atoms with E-state index in [1.807, 2.05) is 13.8 Å². The van der Waals surface area contributed by atoms with Gasteiger partial charge in [-0.1, -0.05) is 13.0 Å². The molecule has 4 nitrogen and oxygen atoms in total. The summed E-state index contributed by atoms with van der Waals surface area (Å²) >= 11 is 3.29. The molecule has 0 radical (unpaired) electrons. The van der Waals surface area contributed by atoms with Gasteiger partial charge < -0.3 is 16.2 Å². The molecule has 17 heavy (non-hydrogen) atoms. The number of anilines is 1. The summed E-state index contributed by atoms with van der Waals surface area (Å²) in [5, 5.41) is 11.8. The van der Waals surface area contributed by atoms with Crippen molar-refractivity contribution in [3.05, 3.63) is 28.2 Å². The van der Waals surface area contributed by atoms with Gasteiger partial charge in [0.25, 0.3) is 5.91 Å². The number of carbonyl (C=O) groups is 1. The van der Waals surface area contributed by atoms with Crippen molar-refractivity contribution in [2.24, 2.45) is 5.92 Å². The average Bonchev–Trinajstić information content (AvgIpc) is 2.31. The maximum atomic E-state index is 12.0. The lowest BCUT2D eigenvalue weighted by atomic mass is 10.0. The number of amides is 1. The molecule has 0 saturated carbocycles. The van der Waals surface area contributed by atoms with Gasteiger partial charge in [-0.25, -0.2) is 0 Å². The lowest BCUT2D eigenvalue weighted by Gasteiger charge is -2.19. The normalized spacial score (nSPS) is 14.1. The van der Waals surface area contributed by atoms with Gasteiger partial charge in [0, 0.05) is 18.3 Å². The van der Waals surface area contributed by atoms with Crippen LogP contribution < -0.4 is 11.1 Å². The first-order valence-corrected chi connectivity index (χ1v) is 6.22. The molecule has 0 heterocycles. The van der Waals surface area contributed by atoms with Crippen LogP contribution in [0.3, 0.4) is 0 Å². The fraction of sp³-hybridized carbons (Fsp3) is 0.417. The van der Waals surface area contributed by atoms with Crippen LogP contribution in [-0.2, 0) is 0 Å². The number of halogens is 1. The van der Waals surface area contributed by atoms with E-state index in [2.05, 4.69) is 21.2 Å². The second kappa shape index (κ2) is 6.02. The lowest BCUT2D eigenvalue weighted by Crippen LogP contribution is -2.38. The van der Waals surface area contributed by atoms with E-state index in [4.69, 9.17) is 10.8 Å². The predicted molar refractivity (Wildman–Crippen MR) is 71.7 cm³/mol. The third kappa shape index (κ3) is 3.44. The highest BCUT2D eigenvalue weighted by Gasteiger charge is 2.17. The minimum Gasteiger partial charge on any atom is -0.398 e. The van der Waals surface area contributed by atoms with Crippen LogP contribution in [0.4, 0.5) is 5.69 Å². The van der Waals surface area contributed by atoms with Crippen LogP contribution in [0.15, 0.2) is 22.7 Å². The van der Waals surface area contributed by atoms with Crippen molar-refractivity contribution in [2.45, 2.75) is 19.9 Å². The van der Waals surface area contributed by atoms with E-state index in [0.717, 1.165) is 0 Å². The zero-order chi connectivity index (χ0) is 13.0. The van der Waals surface area contributed by atoms with Gasteiger partial charge in [0.2, 0.25) is 0 Å². The standard InChI is InChI=1S/C12H17BrN2O2/c1-7(6-16)8(2)15-12(17)9-4-3-5-10(14)11(9)13/h3-5,7-8,16H,6,14H2,1-2H3,(H,15,17). The smallest absolute Gasteiger partial charge is 0.252 e. The van der Waals surface area contributed by atoms with Crippen molar-refractivity contribution in [1.29, 1.82) is 0 Å². The highest BCUT2D eigenvalue weighted by Crippen LogP contribution is 2.23. The van der Waals surface area contributed by atoms with E-state index < -0.39 is 0 Å². The van der Waals surface area contributed by atoms with Gasteiger partial charge in [0.05, 0.1) is 10.0 Å². The second-order valence-corrected chi connectivity index (χ2v) is 4.92. The van der Waals surface area contributed by atoms with Crippen molar-refractivity contribution >= 4 is 27.5 Å². The highest BCUT2D eigenvalue weighted by atomic mass is 79.9. The van der Waals surface area contributed by atoms with Crippen molar-refractivity contribution in [1.82, 2.24) is 5.32 Å². The molecule has 2 unspecified atom stereocenters. The van der Waals surface area contributed by atoms with E-state index in [-0.39, 0.29) is 24.5 Å². The fourth-order valence-corrected chi connectivity index (χ4v) is 1.75. The molecule has 0 saturated heterocycles. The topological polar surface area (TPSA) is 75.3 Å². The number of benzene rings is 1. The average molecular weight is 301 g/mol. The molecule has 0 bridgehead atoms. The van der Waals surface area contributed by atoms with E-state index in [1.54, 1.807) is 18.2 Å². The maximum Gasteiger partial charge on any atom is 0.252 e. The Labute approximate surface area is 109 Å². The first-order chi connectivity index (χ1) is 7.97. The van der Waals surface area contributed by atoms with Gasteiger partial charge in [-0.3, -0.25) is 4.79 Å². The number of hydrogen-bond acceptors (Lipinski definition) is 3. The predicted octanol–water partition coefficient (Wildman–Crippen LogP) is 1.78. The van der Waals surface area contributed by atoms with Crippen LogP contribution in [0.25, 0.3) is 0 Å². The van der Waals surface area contributed by atoms with Crippen molar-refractivity contribution < 1.29 is 9.90 Å². The summed E-state index contributed by atoms with van der Waals surface area (Å²) in [6, 6.07) is 5.06. The number of nitrogen functional groups attached to an aromatic ring is 1. The summed E-state index contributed by atoms with van der Waals surface area (Å²) < 4.78 is 0.598. The molecule has 5 heteroatoms. The SMILES string of the molecule is CC(CO)C(C)NC(=O)c1cccc(N)c1Br. The number of hydrogen-bond donors (Lipinski definition) is 3. The largest absolute Gasteiger partial charge is 0.398 e. The maximum absolute atomic E-state index is 12.0. The molecule has 1 amide bonds. The van der Waals surface area contributed by atoms with Crippen LogP contribution >= 0.6 is 15.9 Å². The van der Waals surface area contributed by atoms with E-state index in [1.165, 1.54) is 0 Å². The molecule has 0 aliphatic rings. The van der Waals surface area contributed by atoms with Gasteiger partial charge in [-0.2, -0.15) is 0 Å². The molecular weight excluding hydrogens is 284 g/mol. The molecule has 1 rings (SSSR count). The lowest BCUT2D eigenvalue weighted by molar-refractivity contribution is 0.0915. The molecule has 1 aromatic carbocycles. The summed E-state index contributed by atoms with van der Waals surface area (Å²) in [7, 11) is 0. The zero-order valence-electron chi connectivity index (χ0n) is 9.90. The quantitative estimate of drug-likeness (QED) is 0.742. The van der Waals surface area contributed by atoms with Crippen LogP contribution in [-0.4, -0.2) is 23.7 Å². The van der Waals surface area contributed by atoms with Gasteiger partial charge in [0.15, 0.2) is 0 Å². The molecular formula is C12H17BrN2O2. The highest BCUT2D eigenvalue weighted by molar-refractivity contribution is 9.10. The number of aliphatic hydroxyl groups excluding tert-OH is 1. The van der Waals surface area contributed by atoms with Gasteiger partial charge in [0.1, 0.15) is 0 Å². The molecule has 1 aromatic rings. The molecule has 0 aliphatic heterocycles. The fourth-order valence-electron chi connectivity index (χ4n) is 1.31. The van der Waals surface area contributed by atoms with Gasteiger partial charge >= 0.3 is 0 Å². The number of aliphatic hydroxyl groups is 1. The van der Waals surface area contributed by atoms with E-state index in [9.17, 15) is 4.79 Å². The Bertz CT molecular complexity index is 409. The van der Waals surface area contributed by atoms with Gasteiger partial charge in [-0.05, 0) is 40.9 Å². The molecule has 0 aliphatic carbocycles. The van der Waals surface area contributed by atoms with Crippen LogP contribution in [0, 0.1) is 5.92 Å². The molecule has 0 aromatic heterocycles. The molecule has 4 N–H and O–H groups in total. The summed E-state index contributed by atoms with van der Waals surface area (Å²) in [6.45, 7) is 3.78. The Kier molecular flexibility index (Phi) is 4.96. The Hall–Kier alpha value is -1.07. The molecule has 0 spiro atoms. The second-order valence-electron chi connectivity index (χ2n) is 4.13. The number of carbonyl (C=O) groups excluding carboxylic acids is 1. The summed E-state index contributed by atoms with van der Waals surface area (Å²) in [6.07, 6.45) is 0. The van der Waals surface area contributed by atoms with Crippen LogP contribution in [0.2, 0.25) is 0 Å². The zero-order valence-corrected chi connectivity index (χ0v) is 11.5. The Morgan fingerprint density at radius 3 is 2.76 bits per heavy atom. The van der Waals surface area contributed by atoms with Crippen molar-refractivity contribution in [3.8, 4) is 0 Å². The number of nitrogens with two attached hydrogens (primary N) is 1. The summed E-state index contributed by atoms with van der Waals surface area (Å²) in [4.78, 5) is 12.0. The van der Waals surface area contributed by atoms with Crippen molar-refractivity contribution in [2.75, 3.05) is 12.3 Å². The Morgan fingerprint density at radius 1 is 1.53 bits per heavy atom. The van der Waals surface area contributed by atoms with Crippen LogP contribution in [0.5, 0.6) is 0 Å². The number of nitrogens with one attached hydrogen (secondary N) is 1. The molecule has 94 valence electrons. The minimum atomic E-state index is -0.197. The van der Waals surface area contributed by atoms with Crippen LogP contribution in [0.1, 0.15) is 24.2 Å². The first-order valence-electron chi connectivity index (χ1n) is 5.43. The van der Waals surface area contributed by atoms with Crippen molar-refractivity contribution in [3.63, 3.8) is 0 Å². The summed E-state index contributed by atoms with van der Waals surface area (Å²) in [5.74, 6) is -0.184. The third-order valence-electron chi connectivity index (χ3n) is 2.77. The third-order valence-corrected chi connectivity index (χ3v) is 3.66. The monoisotopic (exact) mass is 300 g/mol. The van der Waals surface area contributed by atoms with E-state index in [0.29, 0.717) is 15.7 Å². The van der Waals surface area contributed by atoms with E-state index >= 15 is 0 Å². The van der Waals surface area contributed by atoms with Gasteiger partial charge in [-0.15, -0.1) is 0 Å². The first kappa shape index (κ1) is 14.0. The minimum absolute atomic E-state index is 0.0128. The molecule has 2 atom stereocenters.